The highest BCUT2D eigenvalue weighted by atomic mass is 16.5. The Morgan fingerprint density at radius 3 is 2.19 bits per heavy atom. The van der Waals surface area contributed by atoms with Crippen molar-refractivity contribution in [2.45, 2.75) is 6.92 Å². The summed E-state index contributed by atoms with van der Waals surface area (Å²) in [5.41, 5.74) is 1.89. The van der Waals surface area contributed by atoms with Crippen LogP contribution in [0, 0.1) is 11.8 Å². The van der Waals surface area contributed by atoms with Crippen LogP contribution in [0.25, 0.3) is 0 Å². The Balaban J connectivity index is 2.12. The average molecular weight is 278 g/mol. The molecule has 21 heavy (non-hydrogen) atoms. The first-order valence-electron chi connectivity index (χ1n) is 6.59. The summed E-state index contributed by atoms with van der Waals surface area (Å²) in [6.45, 7) is 2.03. The molecule has 0 spiro atoms. The summed E-state index contributed by atoms with van der Waals surface area (Å²) in [5.74, 6) is 4.49. The average Bonchev–Trinajstić information content (AvgIpc) is 2.54. The first-order chi connectivity index (χ1) is 10.2. The van der Waals surface area contributed by atoms with Crippen LogP contribution in [0.3, 0.4) is 0 Å². The largest absolute Gasteiger partial charge is 0.456 e. The number of ketones is 1. The van der Waals surface area contributed by atoms with Crippen molar-refractivity contribution in [2.75, 3.05) is 6.61 Å². The summed E-state index contributed by atoms with van der Waals surface area (Å²) in [4.78, 5) is 23.3. The molecule has 2 rings (SSSR count). The fourth-order valence-electron chi connectivity index (χ4n) is 1.75. The summed E-state index contributed by atoms with van der Waals surface area (Å²) in [5, 5.41) is 0. The third-order valence-corrected chi connectivity index (χ3v) is 2.77. The highest BCUT2D eigenvalue weighted by Crippen LogP contribution is 2.10. The molecular formula is C18H14O3. The van der Waals surface area contributed by atoms with Crippen LogP contribution in [0.2, 0.25) is 0 Å². The van der Waals surface area contributed by atoms with Gasteiger partial charge in [0, 0.05) is 22.6 Å². The highest BCUT2D eigenvalue weighted by Gasteiger charge is 2.07. The van der Waals surface area contributed by atoms with Crippen molar-refractivity contribution in [3.63, 3.8) is 0 Å². The Morgan fingerprint density at radius 1 is 0.952 bits per heavy atom. The van der Waals surface area contributed by atoms with Crippen LogP contribution in [0.4, 0.5) is 0 Å². The molecule has 0 heterocycles. The molecule has 0 amide bonds. The molecule has 0 aliphatic carbocycles. The van der Waals surface area contributed by atoms with Crippen LogP contribution in [-0.4, -0.2) is 18.4 Å². The first kappa shape index (κ1) is 14.5. The summed E-state index contributed by atoms with van der Waals surface area (Å²) in [7, 11) is 0. The van der Waals surface area contributed by atoms with E-state index >= 15 is 0 Å². The van der Waals surface area contributed by atoms with E-state index in [1.165, 1.54) is 0 Å². The van der Waals surface area contributed by atoms with E-state index in [9.17, 15) is 9.59 Å². The second-order valence-corrected chi connectivity index (χ2v) is 4.24. The molecule has 3 heteroatoms. The van der Waals surface area contributed by atoms with Gasteiger partial charge in [0.1, 0.15) is 0 Å². The van der Waals surface area contributed by atoms with Gasteiger partial charge in [-0.2, -0.15) is 0 Å². The topological polar surface area (TPSA) is 43.4 Å². The van der Waals surface area contributed by atoms with E-state index in [4.69, 9.17) is 4.74 Å². The van der Waals surface area contributed by atoms with Gasteiger partial charge in [0.2, 0.25) is 0 Å². The molecule has 0 saturated carbocycles. The molecule has 104 valence electrons. The van der Waals surface area contributed by atoms with Crippen LogP contribution >= 0.6 is 0 Å². The lowest BCUT2D eigenvalue weighted by atomic mass is 10.0. The summed E-state index contributed by atoms with van der Waals surface area (Å²) < 4.78 is 4.72. The van der Waals surface area contributed by atoms with Crippen LogP contribution in [0.5, 0.6) is 0 Å². The van der Waals surface area contributed by atoms with Gasteiger partial charge < -0.3 is 4.74 Å². The lowest BCUT2D eigenvalue weighted by molar-refractivity contribution is -0.136. The van der Waals surface area contributed by atoms with Gasteiger partial charge in [0.15, 0.2) is 5.78 Å². The molecule has 0 bridgehead atoms. The van der Waals surface area contributed by atoms with Gasteiger partial charge in [-0.25, -0.2) is 4.79 Å². The van der Waals surface area contributed by atoms with Crippen molar-refractivity contribution < 1.29 is 14.3 Å². The van der Waals surface area contributed by atoms with Gasteiger partial charge in [-0.3, -0.25) is 4.79 Å². The molecule has 0 aromatic heterocycles. The van der Waals surface area contributed by atoms with Crippen molar-refractivity contribution in [3.8, 4) is 11.8 Å². The maximum atomic E-state index is 12.2. The monoisotopic (exact) mass is 278 g/mol. The molecule has 3 nitrogen and oxygen atoms in total. The molecule has 0 saturated heterocycles. The first-order valence-corrected chi connectivity index (χ1v) is 6.59. The SMILES string of the molecule is CCOC(=O)C#Cc1ccc(C(=O)c2ccccc2)cc1. The summed E-state index contributed by atoms with van der Waals surface area (Å²) in [6, 6.07) is 15.9. The number of hydrogen-bond acceptors (Lipinski definition) is 3. The molecule has 0 atom stereocenters. The van der Waals surface area contributed by atoms with E-state index in [2.05, 4.69) is 11.8 Å². The Kier molecular flexibility index (Phi) is 4.89. The van der Waals surface area contributed by atoms with Crippen LogP contribution in [-0.2, 0) is 9.53 Å². The zero-order valence-electron chi connectivity index (χ0n) is 11.6. The number of hydrogen-bond donors (Lipinski definition) is 0. The molecule has 2 aromatic carbocycles. The number of carbonyl (C=O) groups excluding carboxylic acids is 2. The Bertz CT molecular complexity index is 689. The van der Waals surface area contributed by atoms with Gasteiger partial charge in [-0.1, -0.05) is 36.3 Å². The molecule has 0 N–H and O–H groups in total. The molecule has 2 aromatic rings. The molecule has 0 unspecified atom stereocenters. The van der Waals surface area contributed by atoms with Crippen LogP contribution in [0.15, 0.2) is 54.6 Å². The van der Waals surface area contributed by atoms with Gasteiger partial charge in [0.05, 0.1) is 6.61 Å². The lowest BCUT2D eigenvalue weighted by Gasteiger charge is -2.01. The number of esters is 1. The minimum atomic E-state index is -0.554. The van der Waals surface area contributed by atoms with E-state index in [1.54, 1.807) is 43.3 Å². The minimum Gasteiger partial charge on any atom is -0.456 e. The summed E-state index contributed by atoms with van der Waals surface area (Å²) >= 11 is 0. The maximum absolute atomic E-state index is 12.2. The standard InChI is InChI=1S/C18H14O3/c1-2-21-17(19)13-10-14-8-11-16(12-9-14)18(20)15-6-4-3-5-7-15/h3-9,11-12H,2H2,1H3. The molecule has 0 fully saturated rings. The number of ether oxygens (including phenoxy) is 1. The van der Waals surface area contributed by atoms with Crippen molar-refractivity contribution in [2.24, 2.45) is 0 Å². The second kappa shape index (κ2) is 7.06. The number of rotatable bonds is 3. The van der Waals surface area contributed by atoms with Crippen LogP contribution < -0.4 is 0 Å². The Hall–Kier alpha value is -2.86. The maximum Gasteiger partial charge on any atom is 0.384 e. The van der Waals surface area contributed by atoms with Gasteiger partial charge >= 0.3 is 5.97 Å². The van der Waals surface area contributed by atoms with Crippen molar-refractivity contribution in [1.82, 2.24) is 0 Å². The van der Waals surface area contributed by atoms with Crippen molar-refractivity contribution in [3.05, 3.63) is 71.3 Å². The smallest absolute Gasteiger partial charge is 0.384 e. The molecule has 0 aliphatic rings. The zero-order valence-corrected chi connectivity index (χ0v) is 11.6. The van der Waals surface area contributed by atoms with E-state index in [1.807, 2.05) is 18.2 Å². The molecular weight excluding hydrogens is 264 g/mol. The minimum absolute atomic E-state index is 0.0412. The van der Waals surface area contributed by atoms with Gasteiger partial charge in [0.25, 0.3) is 0 Å². The second-order valence-electron chi connectivity index (χ2n) is 4.24. The predicted molar refractivity (Wildman–Crippen MR) is 79.8 cm³/mol. The normalized spacial score (nSPS) is 9.38. The van der Waals surface area contributed by atoms with E-state index in [0.717, 1.165) is 0 Å². The Labute approximate surface area is 123 Å². The summed E-state index contributed by atoms with van der Waals surface area (Å²) in [6.07, 6.45) is 0. The third kappa shape index (κ3) is 4.05. The van der Waals surface area contributed by atoms with Crippen LogP contribution in [0.1, 0.15) is 28.4 Å². The fourth-order valence-corrected chi connectivity index (χ4v) is 1.75. The molecule has 0 aliphatic heterocycles. The number of benzene rings is 2. The lowest BCUT2D eigenvalue weighted by Crippen LogP contribution is -2.01. The van der Waals surface area contributed by atoms with Gasteiger partial charge in [-0.15, -0.1) is 0 Å². The predicted octanol–water partition coefficient (Wildman–Crippen LogP) is 2.83. The Morgan fingerprint density at radius 2 is 1.57 bits per heavy atom. The van der Waals surface area contributed by atoms with E-state index in [-0.39, 0.29) is 5.78 Å². The van der Waals surface area contributed by atoms with Gasteiger partial charge in [-0.05, 0) is 31.2 Å². The number of carbonyl (C=O) groups is 2. The van der Waals surface area contributed by atoms with Crippen molar-refractivity contribution in [1.29, 1.82) is 0 Å². The van der Waals surface area contributed by atoms with E-state index < -0.39 is 5.97 Å². The van der Waals surface area contributed by atoms with E-state index in [0.29, 0.717) is 23.3 Å². The third-order valence-electron chi connectivity index (χ3n) is 2.77. The highest BCUT2D eigenvalue weighted by molar-refractivity contribution is 6.09. The zero-order chi connectivity index (χ0) is 15.1. The van der Waals surface area contributed by atoms with Crippen molar-refractivity contribution >= 4 is 11.8 Å². The molecule has 0 radical (unpaired) electrons. The quantitative estimate of drug-likeness (QED) is 0.492. The fraction of sp³-hybridized carbons (Fsp3) is 0.111.